The van der Waals surface area contributed by atoms with Crippen molar-refractivity contribution >= 4 is 23.1 Å². The highest BCUT2D eigenvalue weighted by Crippen LogP contribution is 2.54. The second kappa shape index (κ2) is 5.92. The molecule has 2 aliphatic heterocycles. The maximum absolute atomic E-state index is 12.7. The quantitative estimate of drug-likeness (QED) is 0.654. The lowest BCUT2D eigenvalue weighted by Crippen LogP contribution is -2.31. The van der Waals surface area contributed by atoms with E-state index in [1.165, 1.54) is 13.1 Å². The van der Waals surface area contributed by atoms with Crippen molar-refractivity contribution in [2.75, 3.05) is 25.4 Å². The summed E-state index contributed by atoms with van der Waals surface area (Å²) in [6, 6.07) is 2.33. The number of hydrogen-bond acceptors (Lipinski definition) is 4. The van der Waals surface area contributed by atoms with Crippen LogP contribution in [-0.4, -0.2) is 36.4 Å². The highest BCUT2D eigenvalue weighted by atomic mass is 35.5. The van der Waals surface area contributed by atoms with Gasteiger partial charge < -0.3 is 15.4 Å². The molecule has 0 bridgehead atoms. The molecule has 24 heavy (non-hydrogen) atoms. The molecule has 2 heterocycles. The van der Waals surface area contributed by atoms with Gasteiger partial charge in [0.15, 0.2) is 5.78 Å². The summed E-state index contributed by atoms with van der Waals surface area (Å²) in [5, 5.41) is 0.471. The largest absolute Gasteiger partial charge is 0.492 e. The number of hydrogen-bond donors (Lipinski definition) is 1. The fourth-order valence-corrected chi connectivity index (χ4v) is 4.76. The average molecular weight is 349 g/mol. The fourth-order valence-electron chi connectivity index (χ4n) is 4.54. The summed E-state index contributed by atoms with van der Waals surface area (Å²) in [5.74, 6) is 3.14. The van der Waals surface area contributed by atoms with Gasteiger partial charge in [-0.05, 0) is 44.1 Å². The van der Waals surface area contributed by atoms with E-state index in [-0.39, 0.29) is 5.78 Å². The Morgan fingerprint density at radius 2 is 2.12 bits per heavy atom. The zero-order chi connectivity index (χ0) is 17.0. The Hall–Kier alpha value is -1.26. The van der Waals surface area contributed by atoms with Gasteiger partial charge in [-0.25, -0.2) is 0 Å². The van der Waals surface area contributed by atoms with Crippen molar-refractivity contribution in [3.8, 4) is 5.75 Å². The molecular weight excluding hydrogens is 324 g/mol. The Balaban J connectivity index is 1.39. The van der Waals surface area contributed by atoms with E-state index in [0.29, 0.717) is 41.1 Å². The van der Waals surface area contributed by atoms with Gasteiger partial charge in [0.25, 0.3) is 0 Å². The van der Waals surface area contributed by atoms with E-state index in [1.807, 2.05) is 0 Å². The van der Waals surface area contributed by atoms with Gasteiger partial charge in [-0.15, -0.1) is 0 Å². The molecule has 2 N–H and O–H groups in total. The van der Waals surface area contributed by atoms with Crippen molar-refractivity contribution in [1.29, 1.82) is 0 Å². The number of rotatable bonds is 5. The maximum atomic E-state index is 12.7. The van der Waals surface area contributed by atoms with Crippen LogP contribution in [0.2, 0.25) is 5.02 Å². The number of halogens is 1. The topological polar surface area (TPSA) is 55.6 Å². The first-order valence-corrected chi connectivity index (χ1v) is 9.36. The Labute approximate surface area is 148 Å². The van der Waals surface area contributed by atoms with Gasteiger partial charge in [0, 0.05) is 37.5 Å². The normalized spacial score (nSPS) is 27.9. The molecular formula is C19H25ClN2O2. The van der Waals surface area contributed by atoms with Crippen LogP contribution in [0.3, 0.4) is 0 Å². The molecule has 1 saturated carbocycles. The molecule has 130 valence electrons. The number of nitrogens with zero attached hydrogens (tertiary/aromatic N) is 1. The SMILES string of the molecule is CC(C)N1CC2C(CCC(=O)c3cc(Cl)c(N)c4c3OCC4)C2C1. The van der Waals surface area contributed by atoms with Gasteiger partial charge in [0.05, 0.1) is 22.9 Å². The molecule has 1 aliphatic carbocycles. The fraction of sp³-hybridized carbons (Fsp3) is 0.632. The van der Waals surface area contributed by atoms with E-state index in [1.54, 1.807) is 6.07 Å². The number of piperidine rings is 1. The summed E-state index contributed by atoms with van der Waals surface area (Å²) in [5.41, 5.74) is 8.09. The van der Waals surface area contributed by atoms with Crippen molar-refractivity contribution in [3.05, 3.63) is 22.2 Å². The summed E-state index contributed by atoms with van der Waals surface area (Å²) in [6.07, 6.45) is 2.30. The number of anilines is 1. The van der Waals surface area contributed by atoms with Crippen molar-refractivity contribution in [1.82, 2.24) is 4.90 Å². The number of fused-ring (bicyclic) bond motifs is 2. The minimum absolute atomic E-state index is 0.140. The highest BCUT2D eigenvalue weighted by molar-refractivity contribution is 6.33. The van der Waals surface area contributed by atoms with E-state index >= 15 is 0 Å². The van der Waals surface area contributed by atoms with Crippen LogP contribution >= 0.6 is 11.6 Å². The molecule has 0 amide bonds. The monoisotopic (exact) mass is 348 g/mol. The number of ether oxygens (including phenoxy) is 1. The van der Waals surface area contributed by atoms with Crippen LogP contribution in [0, 0.1) is 17.8 Å². The average Bonchev–Trinajstić information content (AvgIpc) is 2.97. The van der Waals surface area contributed by atoms with E-state index in [4.69, 9.17) is 22.1 Å². The van der Waals surface area contributed by atoms with Crippen molar-refractivity contribution in [2.45, 2.75) is 39.2 Å². The van der Waals surface area contributed by atoms with Gasteiger partial charge in [-0.3, -0.25) is 4.79 Å². The van der Waals surface area contributed by atoms with Gasteiger partial charge in [0.1, 0.15) is 5.75 Å². The molecule has 0 spiro atoms. The highest BCUT2D eigenvalue weighted by Gasteiger charge is 2.55. The number of Topliss-reactive ketones (excluding diaryl/α,β-unsaturated/α-hetero) is 1. The molecule has 3 aliphatic rings. The van der Waals surface area contributed by atoms with E-state index in [2.05, 4.69) is 18.7 Å². The first-order chi connectivity index (χ1) is 11.5. The molecule has 2 unspecified atom stereocenters. The first-order valence-electron chi connectivity index (χ1n) is 8.98. The molecule has 0 radical (unpaired) electrons. The Morgan fingerprint density at radius 3 is 2.79 bits per heavy atom. The smallest absolute Gasteiger partial charge is 0.166 e. The molecule has 1 aromatic carbocycles. The molecule has 4 nitrogen and oxygen atoms in total. The Bertz CT molecular complexity index is 676. The molecule has 5 heteroatoms. The van der Waals surface area contributed by atoms with Gasteiger partial charge in [-0.1, -0.05) is 11.6 Å². The number of ketones is 1. The third kappa shape index (κ3) is 2.60. The van der Waals surface area contributed by atoms with Crippen LogP contribution in [0.15, 0.2) is 6.07 Å². The molecule has 4 rings (SSSR count). The lowest BCUT2D eigenvalue weighted by Gasteiger charge is -2.23. The van der Waals surface area contributed by atoms with Crippen molar-refractivity contribution < 1.29 is 9.53 Å². The predicted octanol–water partition coefficient (Wildman–Crippen LogP) is 3.41. The third-order valence-corrected chi connectivity index (χ3v) is 6.42. The lowest BCUT2D eigenvalue weighted by molar-refractivity contribution is 0.0972. The van der Waals surface area contributed by atoms with Gasteiger partial charge in [-0.2, -0.15) is 0 Å². The predicted molar refractivity (Wildman–Crippen MR) is 95.8 cm³/mol. The van der Waals surface area contributed by atoms with Crippen molar-refractivity contribution in [2.24, 2.45) is 17.8 Å². The number of carbonyl (C=O) groups is 1. The summed E-state index contributed by atoms with van der Waals surface area (Å²) in [7, 11) is 0. The third-order valence-electron chi connectivity index (χ3n) is 6.11. The summed E-state index contributed by atoms with van der Waals surface area (Å²) >= 11 is 6.20. The standard InChI is InChI=1S/C19H25ClN2O2/c1-10(2)22-8-14-11(15(14)9-22)3-4-17(23)13-7-16(20)18(21)12-5-6-24-19(12)13/h7,10-11,14-15H,3-6,8-9,21H2,1-2H3. The first kappa shape index (κ1) is 16.2. The number of likely N-dealkylation sites (tertiary alicyclic amines) is 1. The van der Waals surface area contributed by atoms with Gasteiger partial charge in [0.2, 0.25) is 0 Å². The maximum Gasteiger partial charge on any atom is 0.166 e. The van der Waals surface area contributed by atoms with Crippen LogP contribution in [0.5, 0.6) is 5.75 Å². The van der Waals surface area contributed by atoms with Crippen LogP contribution in [-0.2, 0) is 6.42 Å². The van der Waals surface area contributed by atoms with Crippen LogP contribution in [0.4, 0.5) is 5.69 Å². The zero-order valence-electron chi connectivity index (χ0n) is 14.3. The Morgan fingerprint density at radius 1 is 1.42 bits per heavy atom. The van der Waals surface area contributed by atoms with Crippen LogP contribution in [0.25, 0.3) is 0 Å². The van der Waals surface area contributed by atoms with Crippen molar-refractivity contribution in [3.63, 3.8) is 0 Å². The number of carbonyl (C=O) groups excluding carboxylic acids is 1. The lowest BCUT2D eigenvalue weighted by atomic mass is 9.99. The van der Waals surface area contributed by atoms with Crippen LogP contribution in [0.1, 0.15) is 42.6 Å². The molecule has 1 saturated heterocycles. The molecule has 2 atom stereocenters. The van der Waals surface area contributed by atoms with Crippen LogP contribution < -0.4 is 10.5 Å². The second-order valence-electron chi connectivity index (χ2n) is 7.73. The summed E-state index contributed by atoms with van der Waals surface area (Å²) in [6.45, 7) is 7.50. The van der Waals surface area contributed by atoms with Gasteiger partial charge >= 0.3 is 0 Å². The van der Waals surface area contributed by atoms with E-state index < -0.39 is 0 Å². The number of nitrogens with two attached hydrogens (primary N) is 1. The molecule has 0 aromatic heterocycles. The second-order valence-corrected chi connectivity index (χ2v) is 8.13. The van der Waals surface area contributed by atoms with E-state index in [0.717, 1.165) is 36.2 Å². The minimum atomic E-state index is 0.140. The summed E-state index contributed by atoms with van der Waals surface area (Å²) in [4.78, 5) is 15.3. The molecule has 2 fully saturated rings. The number of benzene rings is 1. The minimum Gasteiger partial charge on any atom is -0.492 e. The summed E-state index contributed by atoms with van der Waals surface area (Å²) < 4.78 is 5.66. The number of nitrogen functional groups attached to an aromatic ring is 1. The molecule has 1 aromatic rings. The Kier molecular flexibility index (Phi) is 4.00. The zero-order valence-corrected chi connectivity index (χ0v) is 15.1. The van der Waals surface area contributed by atoms with E-state index in [9.17, 15) is 4.79 Å².